The highest BCUT2D eigenvalue weighted by atomic mass is 16.7. The third kappa shape index (κ3) is 7.29. The van der Waals surface area contributed by atoms with Crippen molar-refractivity contribution in [1.29, 1.82) is 0 Å². The minimum atomic E-state index is -1.28. The van der Waals surface area contributed by atoms with Gasteiger partial charge in [0, 0.05) is 19.0 Å². The summed E-state index contributed by atoms with van der Waals surface area (Å²) in [6, 6.07) is 5.55. The maximum atomic E-state index is 13.3. The summed E-state index contributed by atoms with van der Waals surface area (Å²) in [6.45, 7) is 10.5. The molecule has 208 valence electrons. The molecule has 3 rings (SSSR count). The molecule has 1 fully saturated rings. The number of aromatic carboxylic acids is 1. The van der Waals surface area contributed by atoms with E-state index >= 15 is 0 Å². The van der Waals surface area contributed by atoms with E-state index in [0.717, 1.165) is 12.8 Å². The number of aliphatic hydroxyl groups is 1. The van der Waals surface area contributed by atoms with Gasteiger partial charge in [0.05, 0.1) is 18.1 Å². The highest BCUT2D eigenvalue weighted by molar-refractivity contribution is 6.03. The highest BCUT2D eigenvalue weighted by Crippen LogP contribution is 2.32. The molecule has 2 atom stereocenters. The lowest BCUT2D eigenvalue weighted by molar-refractivity contribution is -0.171. The lowest BCUT2D eigenvalue weighted by Gasteiger charge is -2.20. The van der Waals surface area contributed by atoms with Crippen LogP contribution in [0.3, 0.4) is 0 Å². The zero-order valence-corrected chi connectivity index (χ0v) is 22.5. The Morgan fingerprint density at radius 3 is 2.36 bits per heavy atom. The Bertz CT molecular complexity index is 1280. The number of aromatic nitrogens is 1. The number of rotatable bonds is 12. The minimum absolute atomic E-state index is 0.00759. The van der Waals surface area contributed by atoms with Crippen molar-refractivity contribution in [1.82, 2.24) is 10.3 Å². The van der Waals surface area contributed by atoms with Crippen molar-refractivity contribution < 1.29 is 38.9 Å². The Labute approximate surface area is 227 Å². The maximum absolute atomic E-state index is 13.3. The molecule has 0 radical (unpaired) electrons. The van der Waals surface area contributed by atoms with Gasteiger partial charge in [0.25, 0.3) is 5.91 Å². The van der Waals surface area contributed by atoms with E-state index < -0.39 is 42.6 Å². The second kappa shape index (κ2) is 12.7. The predicted molar refractivity (Wildman–Crippen MR) is 143 cm³/mol. The monoisotopic (exact) mass is 538 g/mol. The van der Waals surface area contributed by atoms with Gasteiger partial charge in [-0.3, -0.25) is 9.59 Å². The van der Waals surface area contributed by atoms with E-state index in [1.54, 1.807) is 6.92 Å². The number of pyridine rings is 1. The fourth-order valence-corrected chi connectivity index (χ4v) is 3.77. The standard InChI is InChI=1S/C29H34N2O8/c1-6-19-11-23(27(34)35)22(12-20(19)14-32)21-9-10-24(26(33)30-13-18-7-8-18)31-25(21)29(37)39-17(5)38-28(36)16(4)15(2)3/h6,9-12,15-18,32H,1,7-8,13-14H2,2-5H3,(H,30,33)(H,34,35)/t16-,17?/m0/s1. The molecule has 1 saturated carbocycles. The molecule has 10 heteroatoms. The lowest BCUT2D eigenvalue weighted by Crippen LogP contribution is -2.29. The van der Waals surface area contributed by atoms with Gasteiger partial charge in [-0.15, -0.1) is 0 Å². The van der Waals surface area contributed by atoms with Gasteiger partial charge < -0.3 is 25.0 Å². The Hall–Kier alpha value is -4.05. The molecule has 1 aromatic heterocycles. The van der Waals surface area contributed by atoms with Crippen molar-refractivity contribution in [2.24, 2.45) is 17.8 Å². The molecule has 1 aliphatic carbocycles. The smallest absolute Gasteiger partial charge is 0.360 e. The first-order chi connectivity index (χ1) is 18.5. The van der Waals surface area contributed by atoms with Gasteiger partial charge >= 0.3 is 17.9 Å². The average Bonchev–Trinajstić information content (AvgIpc) is 3.74. The number of ether oxygens (including phenoxy) is 2. The number of amides is 1. The van der Waals surface area contributed by atoms with Gasteiger partial charge in [-0.1, -0.05) is 33.4 Å². The molecule has 0 aliphatic heterocycles. The number of carboxylic acid groups (broad SMARTS) is 1. The topological polar surface area (TPSA) is 152 Å². The van der Waals surface area contributed by atoms with E-state index in [1.165, 1.54) is 37.3 Å². The normalized spacial score (nSPS) is 14.3. The van der Waals surface area contributed by atoms with Gasteiger partial charge in [-0.25, -0.2) is 14.6 Å². The van der Waals surface area contributed by atoms with E-state index in [4.69, 9.17) is 9.47 Å². The van der Waals surface area contributed by atoms with Crippen LogP contribution in [-0.2, 0) is 20.9 Å². The number of carbonyl (C=O) groups excluding carboxylic acids is 3. The molecule has 1 unspecified atom stereocenters. The van der Waals surface area contributed by atoms with Crippen LogP contribution in [0.4, 0.5) is 0 Å². The fourth-order valence-electron chi connectivity index (χ4n) is 3.77. The van der Waals surface area contributed by atoms with Crippen LogP contribution in [0.15, 0.2) is 30.8 Å². The van der Waals surface area contributed by atoms with Gasteiger partial charge in [-0.05, 0) is 65.6 Å². The van der Waals surface area contributed by atoms with Gasteiger partial charge in [-0.2, -0.15) is 0 Å². The summed E-state index contributed by atoms with van der Waals surface area (Å²) in [5, 5.41) is 22.5. The molecule has 1 aromatic carbocycles. The third-order valence-electron chi connectivity index (χ3n) is 6.69. The third-order valence-corrected chi connectivity index (χ3v) is 6.69. The molecular weight excluding hydrogens is 504 g/mol. The van der Waals surface area contributed by atoms with Crippen LogP contribution in [0.25, 0.3) is 17.2 Å². The number of carbonyl (C=O) groups is 4. The van der Waals surface area contributed by atoms with Crippen LogP contribution in [-0.4, -0.2) is 51.8 Å². The summed E-state index contributed by atoms with van der Waals surface area (Å²) >= 11 is 0. The van der Waals surface area contributed by atoms with Crippen molar-refractivity contribution in [2.75, 3.05) is 6.54 Å². The predicted octanol–water partition coefficient (Wildman–Crippen LogP) is 4.06. The SMILES string of the molecule is C=Cc1cc(C(=O)O)c(-c2ccc(C(=O)NCC3CC3)nc2C(=O)OC(C)OC(=O)[C@@H](C)C(C)C)cc1CO. The van der Waals surface area contributed by atoms with E-state index in [-0.39, 0.29) is 34.0 Å². The van der Waals surface area contributed by atoms with Gasteiger partial charge in [0.15, 0.2) is 5.69 Å². The maximum Gasteiger partial charge on any atom is 0.360 e. The lowest BCUT2D eigenvalue weighted by atomic mass is 9.92. The van der Waals surface area contributed by atoms with Crippen molar-refractivity contribution >= 4 is 29.9 Å². The van der Waals surface area contributed by atoms with Crippen LogP contribution >= 0.6 is 0 Å². The Morgan fingerprint density at radius 1 is 1.10 bits per heavy atom. The van der Waals surface area contributed by atoms with Crippen LogP contribution < -0.4 is 5.32 Å². The van der Waals surface area contributed by atoms with Crippen LogP contribution in [0, 0.1) is 17.8 Å². The number of nitrogens with one attached hydrogen (secondary N) is 1. The van der Waals surface area contributed by atoms with Crippen molar-refractivity contribution in [3.05, 3.63) is 58.9 Å². The summed E-state index contributed by atoms with van der Waals surface area (Å²) in [5.41, 5.74) is 0.356. The zero-order chi connectivity index (χ0) is 28.9. The molecule has 3 N–H and O–H groups in total. The number of hydrogen-bond donors (Lipinski definition) is 3. The number of aliphatic hydroxyl groups excluding tert-OH is 1. The fraction of sp³-hybridized carbons (Fsp3) is 0.414. The number of nitrogens with zero attached hydrogens (tertiary/aromatic N) is 1. The quantitative estimate of drug-likeness (QED) is 0.268. The van der Waals surface area contributed by atoms with Crippen molar-refractivity contribution in [2.45, 2.75) is 53.4 Å². The largest absolute Gasteiger partial charge is 0.478 e. The Balaban J connectivity index is 2.04. The molecule has 2 aromatic rings. The molecule has 1 heterocycles. The Kier molecular flexibility index (Phi) is 9.58. The number of hydrogen-bond acceptors (Lipinski definition) is 8. The summed E-state index contributed by atoms with van der Waals surface area (Å²) in [7, 11) is 0. The zero-order valence-electron chi connectivity index (χ0n) is 22.5. The van der Waals surface area contributed by atoms with Crippen LogP contribution in [0.5, 0.6) is 0 Å². The minimum Gasteiger partial charge on any atom is -0.478 e. The first kappa shape index (κ1) is 29.5. The van der Waals surface area contributed by atoms with Gasteiger partial charge in [0.1, 0.15) is 5.69 Å². The van der Waals surface area contributed by atoms with Crippen molar-refractivity contribution in [3.63, 3.8) is 0 Å². The summed E-state index contributed by atoms with van der Waals surface area (Å²) in [5.74, 6) is -3.36. The van der Waals surface area contributed by atoms with Crippen LogP contribution in [0.2, 0.25) is 0 Å². The number of esters is 2. The second-order valence-corrected chi connectivity index (χ2v) is 9.95. The molecular formula is C29H34N2O8. The van der Waals surface area contributed by atoms with Crippen LogP contribution in [0.1, 0.15) is 83.0 Å². The van der Waals surface area contributed by atoms with E-state index in [2.05, 4.69) is 16.9 Å². The molecule has 39 heavy (non-hydrogen) atoms. The Morgan fingerprint density at radius 2 is 1.79 bits per heavy atom. The van der Waals surface area contributed by atoms with E-state index in [1.807, 2.05) is 13.8 Å². The van der Waals surface area contributed by atoms with E-state index in [9.17, 15) is 29.4 Å². The molecule has 0 spiro atoms. The van der Waals surface area contributed by atoms with Crippen molar-refractivity contribution in [3.8, 4) is 11.1 Å². The summed E-state index contributed by atoms with van der Waals surface area (Å²) in [4.78, 5) is 54.8. The average molecular weight is 539 g/mol. The first-order valence-electron chi connectivity index (χ1n) is 12.8. The summed E-state index contributed by atoms with van der Waals surface area (Å²) in [6.07, 6.45) is 2.20. The van der Waals surface area contributed by atoms with Gasteiger partial charge in [0.2, 0.25) is 6.29 Å². The molecule has 1 amide bonds. The molecule has 1 aliphatic rings. The summed E-state index contributed by atoms with van der Waals surface area (Å²) < 4.78 is 10.6. The first-order valence-corrected chi connectivity index (χ1v) is 12.8. The molecule has 0 bridgehead atoms. The van der Waals surface area contributed by atoms with E-state index in [0.29, 0.717) is 23.6 Å². The molecule has 10 nitrogen and oxygen atoms in total. The highest BCUT2D eigenvalue weighted by Gasteiger charge is 2.28. The number of carboxylic acids is 1. The molecule has 0 saturated heterocycles. The second-order valence-electron chi connectivity index (χ2n) is 9.95. The number of benzene rings is 1.